The molecular weight excluding hydrogens is 288 g/mol. The van der Waals surface area contributed by atoms with Gasteiger partial charge in [-0.1, -0.05) is 44.0 Å². The highest BCUT2D eigenvalue weighted by atomic mass is 32.2. The highest BCUT2D eigenvalue weighted by Crippen LogP contribution is 2.09. The maximum absolute atomic E-state index is 4.89. The van der Waals surface area contributed by atoms with Crippen molar-refractivity contribution >= 4 is 41.9 Å². The molecule has 0 unspecified atom stereocenters. The molecule has 1 aromatic carbocycles. The molecule has 0 aliphatic rings. The van der Waals surface area contributed by atoms with Crippen molar-refractivity contribution in [2.45, 2.75) is 20.8 Å². The second-order valence-corrected chi connectivity index (χ2v) is 3.68. The number of para-hydroxylation sites is 1. The number of thiol groups is 1. The Bertz CT molecular complexity index is 433. The van der Waals surface area contributed by atoms with Crippen LogP contribution in [0.1, 0.15) is 20.8 Å². The monoisotopic (exact) mass is 312 g/mol. The summed E-state index contributed by atoms with van der Waals surface area (Å²) < 4.78 is 3.31. The molecule has 5 N–H and O–H groups in total. The van der Waals surface area contributed by atoms with Crippen LogP contribution in [-0.4, -0.2) is 11.2 Å². The molecule has 0 spiro atoms. The van der Waals surface area contributed by atoms with Gasteiger partial charge in [-0.05, 0) is 37.3 Å². The first kappa shape index (κ1) is 20.9. The summed E-state index contributed by atoms with van der Waals surface area (Å²) in [6, 6.07) is 10.3. The number of nitrogens with two attached hydrogens (primary N) is 2. The molecule has 0 atom stereocenters. The minimum Gasteiger partial charge on any atom is -0.404 e. The summed E-state index contributed by atoms with van der Waals surface area (Å²) in [7, 11) is 0. The van der Waals surface area contributed by atoms with E-state index in [1.165, 1.54) is 17.1 Å². The summed E-state index contributed by atoms with van der Waals surface area (Å²) in [4.78, 5) is 3.12. The summed E-state index contributed by atoms with van der Waals surface area (Å²) in [5.74, 6) is 0. The molecule has 0 saturated carbocycles. The molecule has 20 heavy (non-hydrogen) atoms. The zero-order valence-electron chi connectivity index (χ0n) is 12.2. The zero-order valence-corrected chi connectivity index (χ0v) is 13.9. The molecule has 0 amide bonds. The molecule has 4 nitrogen and oxygen atoms in total. The zero-order chi connectivity index (χ0) is 15.6. The molecule has 0 bridgehead atoms. The van der Waals surface area contributed by atoms with E-state index in [2.05, 4.69) is 40.4 Å². The molecule has 2 aromatic rings. The van der Waals surface area contributed by atoms with Crippen LogP contribution in [0.4, 0.5) is 0 Å². The Morgan fingerprint density at radius 2 is 1.85 bits per heavy atom. The Hall–Kier alpha value is -1.37. The number of aromatic nitrogens is 1. The first-order chi connectivity index (χ1) is 9.79. The van der Waals surface area contributed by atoms with Crippen molar-refractivity contribution in [3.05, 3.63) is 48.1 Å². The van der Waals surface area contributed by atoms with Crippen molar-refractivity contribution in [1.82, 2.24) is 4.98 Å². The van der Waals surface area contributed by atoms with E-state index in [1.807, 2.05) is 39.1 Å². The Morgan fingerprint density at radius 1 is 1.25 bits per heavy atom. The number of nitrogens with one attached hydrogen (secondary N) is 1. The molecule has 0 aliphatic carbocycles. The van der Waals surface area contributed by atoms with E-state index in [9.17, 15) is 0 Å². The van der Waals surface area contributed by atoms with E-state index in [-0.39, 0.29) is 0 Å². The minimum absolute atomic E-state index is 1.10. The average Bonchev–Trinajstić information content (AvgIpc) is 2.99. The third-order valence-corrected chi connectivity index (χ3v) is 2.28. The van der Waals surface area contributed by atoms with Gasteiger partial charge in [0.05, 0.1) is 0 Å². The van der Waals surface area contributed by atoms with Gasteiger partial charge in [0, 0.05) is 29.5 Å². The van der Waals surface area contributed by atoms with Crippen molar-refractivity contribution in [3.63, 3.8) is 0 Å². The van der Waals surface area contributed by atoms with Gasteiger partial charge in [0.25, 0.3) is 0 Å². The maximum atomic E-state index is 4.89. The fourth-order valence-electron chi connectivity index (χ4n) is 1.04. The van der Waals surface area contributed by atoms with Gasteiger partial charge >= 0.3 is 0 Å². The van der Waals surface area contributed by atoms with Gasteiger partial charge in [-0.3, -0.25) is 5.14 Å². The van der Waals surface area contributed by atoms with Crippen LogP contribution in [0.5, 0.6) is 0 Å². The lowest BCUT2D eigenvalue weighted by Crippen LogP contribution is -1.75. The summed E-state index contributed by atoms with van der Waals surface area (Å²) in [5.41, 5.74) is 6.06. The summed E-state index contributed by atoms with van der Waals surface area (Å²) in [5, 5.41) is 7.76. The largest absolute Gasteiger partial charge is 0.404 e. The first-order valence-corrected chi connectivity index (χ1v) is 7.50. The predicted octanol–water partition coefficient (Wildman–Crippen LogP) is 4.14. The van der Waals surface area contributed by atoms with Gasteiger partial charge in [-0.15, -0.1) is 0 Å². The van der Waals surface area contributed by atoms with Crippen LogP contribution in [0.3, 0.4) is 0 Å². The molecule has 2 rings (SSSR count). The van der Waals surface area contributed by atoms with E-state index in [4.69, 9.17) is 10.9 Å². The smallest absolute Gasteiger partial charge is 0.0453 e. The Balaban J connectivity index is 0. The summed E-state index contributed by atoms with van der Waals surface area (Å²) in [6.07, 6.45) is 4.96. The fraction of sp³-hybridized carbons (Fsp3) is 0.214. The van der Waals surface area contributed by atoms with Crippen molar-refractivity contribution < 1.29 is 0 Å². The third kappa shape index (κ3) is 11.7. The van der Waals surface area contributed by atoms with E-state index in [0.29, 0.717) is 0 Å². The minimum atomic E-state index is 1.10. The molecular formula is C14H24N4S2. The number of H-pyrrole nitrogens is 1. The molecule has 0 saturated heterocycles. The SMILES string of the molecule is C/C=N\S.CC.N/C=C\SN.c1ccc2[nH]ccc2c1. The Kier molecular flexibility index (Phi) is 18.5. The number of benzene rings is 1. The Labute approximate surface area is 131 Å². The lowest BCUT2D eigenvalue weighted by Gasteiger charge is -1.83. The number of hydrogen-bond acceptors (Lipinski definition) is 5. The standard InChI is InChI=1S/C8H7N.C2H6N2S.C2H5NS.C2H6/c1-2-4-8-7(3-1)5-6-9-8;3-1-2-5-4;1-2-3-4;1-2/h1-6,9H;1-2H,3-4H2;2,4H,1H3;1-2H3/b;2-1-;3-2-;. The van der Waals surface area contributed by atoms with Crippen molar-refractivity contribution in [2.24, 2.45) is 15.3 Å². The van der Waals surface area contributed by atoms with Crippen LogP contribution >= 0.6 is 24.8 Å². The van der Waals surface area contributed by atoms with Gasteiger partial charge < -0.3 is 10.7 Å². The lowest BCUT2D eigenvalue weighted by atomic mass is 10.3. The van der Waals surface area contributed by atoms with E-state index in [0.717, 1.165) is 11.9 Å². The van der Waals surface area contributed by atoms with Gasteiger partial charge in [0.1, 0.15) is 0 Å². The van der Waals surface area contributed by atoms with Crippen molar-refractivity contribution in [1.29, 1.82) is 0 Å². The molecule has 0 aliphatic heterocycles. The second-order valence-electron chi connectivity index (χ2n) is 2.90. The quantitative estimate of drug-likeness (QED) is 0.363. The number of nitrogens with zero attached hydrogens (tertiary/aromatic N) is 1. The summed E-state index contributed by atoms with van der Waals surface area (Å²) >= 11 is 4.59. The molecule has 1 heterocycles. The molecule has 0 fully saturated rings. The van der Waals surface area contributed by atoms with E-state index in [1.54, 1.807) is 11.6 Å². The van der Waals surface area contributed by atoms with Crippen LogP contribution in [-0.2, 0) is 0 Å². The molecule has 0 radical (unpaired) electrons. The molecule has 6 heteroatoms. The van der Waals surface area contributed by atoms with Crippen molar-refractivity contribution in [3.8, 4) is 0 Å². The maximum Gasteiger partial charge on any atom is 0.0453 e. The number of aromatic amines is 1. The average molecular weight is 313 g/mol. The van der Waals surface area contributed by atoms with Crippen LogP contribution < -0.4 is 10.9 Å². The molecule has 1 aromatic heterocycles. The van der Waals surface area contributed by atoms with E-state index < -0.39 is 0 Å². The number of fused-ring (bicyclic) bond motifs is 1. The number of rotatable bonds is 1. The predicted molar refractivity (Wildman–Crippen MR) is 97.9 cm³/mol. The van der Waals surface area contributed by atoms with Gasteiger partial charge in [-0.25, -0.2) is 4.40 Å². The number of hydrogen-bond donors (Lipinski definition) is 4. The van der Waals surface area contributed by atoms with Crippen LogP contribution in [0, 0.1) is 0 Å². The first-order valence-electron chi connectivity index (χ1n) is 6.16. The topological polar surface area (TPSA) is 80.2 Å². The van der Waals surface area contributed by atoms with Gasteiger partial charge in [-0.2, -0.15) is 0 Å². The van der Waals surface area contributed by atoms with Crippen LogP contribution in [0.25, 0.3) is 10.9 Å². The normalized spacial score (nSPS) is 9.25. The van der Waals surface area contributed by atoms with Crippen LogP contribution in [0.2, 0.25) is 0 Å². The highest BCUT2D eigenvalue weighted by molar-refractivity contribution is 7.99. The fourth-order valence-corrected chi connectivity index (χ4v) is 1.13. The third-order valence-electron chi connectivity index (χ3n) is 1.74. The van der Waals surface area contributed by atoms with Crippen molar-refractivity contribution in [2.75, 3.05) is 0 Å². The summed E-state index contributed by atoms with van der Waals surface area (Å²) in [6.45, 7) is 5.81. The Morgan fingerprint density at radius 3 is 2.25 bits per heavy atom. The van der Waals surface area contributed by atoms with Gasteiger partial charge in [0.15, 0.2) is 0 Å². The lowest BCUT2D eigenvalue weighted by molar-refractivity contribution is 1.48. The van der Waals surface area contributed by atoms with Crippen LogP contribution in [0.15, 0.2) is 52.5 Å². The second kappa shape index (κ2) is 17.6. The van der Waals surface area contributed by atoms with E-state index >= 15 is 0 Å². The van der Waals surface area contributed by atoms with Gasteiger partial charge in [0.2, 0.25) is 0 Å². The molecule has 112 valence electrons. The highest BCUT2D eigenvalue weighted by Gasteiger charge is 1.86.